The summed E-state index contributed by atoms with van der Waals surface area (Å²) in [5.74, 6) is 2.63. The average Bonchev–Trinajstić information content (AvgIpc) is 2.30. The van der Waals surface area contributed by atoms with E-state index in [2.05, 4.69) is 29.9 Å². The third kappa shape index (κ3) is 4.49. The van der Waals surface area contributed by atoms with Gasteiger partial charge in [0, 0.05) is 13.0 Å². The summed E-state index contributed by atoms with van der Waals surface area (Å²) < 4.78 is 0. The first kappa shape index (κ1) is 11.6. The Balaban J connectivity index is 2.23. The number of terminal acetylenes is 1. The molecule has 0 heterocycles. The van der Waals surface area contributed by atoms with Crippen LogP contribution in [0.5, 0.6) is 0 Å². The van der Waals surface area contributed by atoms with Gasteiger partial charge >= 0.3 is 0 Å². The minimum absolute atomic E-state index is 0.828. The van der Waals surface area contributed by atoms with Crippen molar-refractivity contribution in [2.75, 3.05) is 13.1 Å². The largest absolute Gasteiger partial charge is 0.313 e. The second-order valence-electron chi connectivity index (χ2n) is 3.45. The quantitative estimate of drug-likeness (QED) is 0.548. The Morgan fingerprint density at radius 3 is 2.73 bits per heavy atom. The Morgan fingerprint density at radius 1 is 1.33 bits per heavy atom. The molecule has 0 fully saturated rings. The van der Waals surface area contributed by atoms with Gasteiger partial charge in [-0.2, -0.15) is 0 Å². The maximum absolute atomic E-state index is 5.17. The molecule has 1 aromatic carbocycles. The first-order chi connectivity index (χ1) is 7.34. The van der Waals surface area contributed by atoms with Crippen LogP contribution < -0.4 is 5.32 Å². The van der Waals surface area contributed by atoms with Crippen molar-refractivity contribution < 1.29 is 0 Å². The van der Waals surface area contributed by atoms with E-state index in [9.17, 15) is 0 Å². The maximum Gasteiger partial charge on any atom is 0.0205 e. The van der Waals surface area contributed by atoms with E-state index < -0.39 is 0 Å². The standard InChI is InChI=1S/C14H17N/c1-3-4-8-11-15-12-13(2)14-9-6-5-7-10-14/h1,5-7,9-10,15H,2,4,8,11-12H2. The van der Waals surface area contributed by atoms with Gasteiger partial charge in [0.15, 0.2) is 0 Å². The number of benzene rings is 1. The van der Waals surface area contributed by atoms with Crippen molar-refractivity contribution in [1.82, 2.24) is 5.32 Å². The fraction of sp³-hybridized carbons (Fsp3) is 0.286. The highest BCUT2D eigenvalue weighted by Crippen LogP contribution is 2.09. The van der Waals surface area contributed by atoms with Gasteiger partial charge in [-0.05, 0) is 24.1 Å². The number of rotatable bonds is 6. The van der Waals surface area contributed by atoms with Gasteiger partial charge in [-0.15, -0.1) is 12.3 Å². The highest BCUT2D eigenvalue weighted by atomic mass is 14.8. The van der Waals surface area contributed by atoms with Crippen molar-refractivity contribution in [3.63, 3.8) is 0 Å². The molecule has 1 aromatic rings. The lowest BCUT2D eigenvalue weighted by Crippen LogP contribution is -2.17. The van der Waals surface area contributed by atoms with E-state index in [4.69, 9.17) is 6.42 Å². The van der Waals surface area contributed by atoms with Crippen LogP contribution in [0, 0.1) is 12.3 Å². The molecule has 0 aliphatic rings. The highest BCUT2D eigenvalue weighted by molar-refractivity contribution is 5.64. The summed E-state index contributed by atoms with van der Waals surface area (Å²) in [4.78, 5) is 0. The van der Waals surface area contributed by atoms with Gasteiger partial charge in [-0.3, -0.25) is 0 Å². The molecule has 0 saturated heterocycles. The predicted molar refractivity (Wildman–Crippen MR) is 66.4 cm³/mol. The Kier molecular flexibility index (Phi) is 5.29. The molecule has 0 bridgehead atoms. The summed E-state index contributed by atoms with van der Waals surface area (Å²) in [5, 5.41) is 3.32. The van der Waals surface area contributed by atoms with Crippen molar-refractivity contribution in [2.45, 2.75) is 12.8 Å². The molecule has 0 amide bonds. The van der Waals surface area contributed by atoms with Crippen molar-refractivity contribution in [3.8, 4) is 12.3 Å². The van der Waals surface area contributed by atoms with Crippen LogP contribution in [0.25, 0.3) is 5.57 Å². The molecule has 78 valence electrons. The Labute approximate surface area is 92.2 Å². The van der Waals surface area contributed by atoms with Gasteiger partial charge in [0.25, 0.3) is 0 Å². The zero-order valence-electron chi connectivity index (χ0n) is 9.00. The molecule has 0 aliphatic heterocycles. The molecular formula is C14H17N. The molecule has 0 atom stereocenters. The normalized spacial score (nSPS) is 9.53. The summed E-state index contributed by atoms with van der Waals surface area (Å²) in [6, 6.07) is 10.2. The van der Waals surface area contributed by atoms with Crippen LogP contribution in [-0.4, -0.2) is 13.1 Å². The summed E-state index contributed by atoms with van der Waals surface area (Å²) in [7, 11) is 0. The third-order valence-corrected chi connectivity index (χ3v) is 2.20. The van der Waals surface area contributed by atoms with Gasteiger partial charge in [0.2, 0.25) is 0 Å². The molecule has 0 aromatic heterocycles. The van der Waals surface area contributed by atoms with E-state index in [1.54, 1.807) is 0 Å². The van der Waals surface area contributed by atoms with Crippen LogP contribution in [-0.2, 0) is 0 Å². The van der Waals surface area contributed by atoms with Gasteiger partial charge in [0.05, 0.1) is 0 Å². The summed E-state index contributed by atoms with van der Waals surface area (Å²) in [6.07, 6.45) is 7.03. The van der Waals surface area contributed by atoms with Crippen molar-refractivity contribution in [3.05, 3.63) is 42.5 Å². The molecule has 0 saturated carbocycles. The first-order valence-corrected chi connectivity index (χ1v) is 5.22. The molecule has 0 radical (unpaired) electrons. The van der Waals surface area contributed by atoms with E-state index in [0.29, 0.717) is 0 Å². The van der Waals surface area contributed by atoms with Crippen LogP contribution >= 0.6 is 0 Å². The number of nitrogens with one attached hydrogen (secondary N) is 1. The van der Waals surface area contributed by atoms with Gasteiger partial charge in [-0.1, -0.05) is 36.9 Å². The van der Waals surface area contributed by atoms with Crippen molar-refractivity contribution >= 4 is 5.57 Å². The molecule has 0 spiro atoms. The first-order valence-electron chi connectivity index (χ1n) is 5.22. The zero-order valence-corrected chi connectivity index (χ0v) is 9.00. The predicted octanol–water partition coefficient (Wildman–Crippen LogP) is 2.70. The molecule has 0 unspecified atom stereocenters. The monoisotopic (exact) mass is 199 g/mol. The van der Waals surface area contributed by atoms with Crippen LogP contribution in [0.1, 0.15) is 18.4 Å². The highest BCUT2D eigenvalue weighted by Gasteiger charge is 1.96. The lowest BCUT2D eigenvalue weighted by atomic mass is 10.1. The van der Waals surface area contributed by atoms with E-state index in [-0.39, 0.29) is 0 Å². The SMILES string of the molecule is C#CCCCNCC(=C)c1ccccc1. The van der Waals surface area contributed by atoms with Crippen LogP contribution in [0.3, 0.4) is 0 Å². The molecular weight excluding hydrogens is 182 g/mol. The molecule has 0 aliphatic carbocycles. The summed E-state index contributed by atoms with van der Waals surface area (Å²) in [6.45, 7) is 5.82. The maximum atomic E-state index is 5.17. The number of hydrogen-bond donors (Lipinski definition) is 1. The molecule has 1 rings (SSSR count). The second-order valence-corrected chi connectivity index (χ2v) is 3.45. The summed E-state index contributed by atoms with van der Waals surface area (Å²) >= 11 is 0. The molecule has 1 nitrogen and oxygen atoms in total. The number of hydrogen-bond acceptors (Lipinski definition) is 1. The topological polar surface area (TPSA) is 12.0 Å². The minimum Gasteiger partial charge on any atom is -0.313 e. The van der Waals surface area contributed by atoms with Crippen molar-refractivity contribution in [1.29, 1.82) is 0 Å². The van der Waals surface area contributed by atoms with Gasteiger partial charge < -0.3 is 5.32 Å². The lowest BCUT2D eigenvalue weighted by Gasteiger charge is -2.06. The Bertz CT molecular complexity index is 332. The molecule has 1 N–H and O–H groups in total. The smallest absolute Gasteiger partial charge is 0.0205 e. The van der Waals surface area contributed by atoms with Gasteiger partial charge in [-0.25, -0.2) is 0 Å². The minimum atomic E-state index is 0.828. The Morgan fingerprint density at radius 2 is 2.07 bits per heavy atom. The Hall–Kier alpha value is -1.52. The fourth-order valence-electron chi connectivity index (χ4n) is 1.33. The van der Waals surface area contributed by atoms with E-state index in [1.807, 2.05) is 18.2 Å². The second kappa shape index (κ2) is 6.86. The fourth-order valence-corrected chi connectivity index (χ4v) is 1.33. The zero-order chi connectivity index (χ0) is 10.9. The van der Waals surface area contributed by atoms with Crippen LogP contribution in [0.2, 0.25) is 0 Å². The van der Waals surface area contributed by atoms with E-state index >= 15 is 0 Å². The molecule has 1 heteroatoms. The van der Waals surface area contributed by atoms with E-state index in [1.165, 1.54) is 5.56 Å². The van der Waals surface area contributed by atoms with Crippen molar-refractivity contribution in [2.24, 2.45) is 0 Å². The van der Waals surface area contributed by atoms with Crippen LogP contribution in [0.4, 0.5) is 0 Å². The van der Waals surface area contributed by atoms with Gasteiger partial charge in [0.1, 0.15) is 0 Å². The van der Waals surface area contributed by atoms with Crippen LogP contribution in [0.15, 0.2) is 36.9 Å². The lowest BCUT2D eigenvalue weighted by molar-refractivity contribution is 0.712. The average molecular weight is 199 g/mol. The third-order valence-electron chi connectivity index (χ3n) is 2.20. The molecule has 15 heavy (non-hydrogen) atoms. The number of unbranched alkanes of at least 4 members (excludes halogenated alkanes) is 1. The summed E-state index contributed by atoms with van der Waals surface area (Å²) in [5.41, 5.74) is 2.32. The van der Waals surface area contributed by atoms with E-state index in [0.717, 1.165) is 31.5 Å².